The Labute approximate surface area is 158 Å². The molecule has 0 bridgehead atoms. The third-order valence-corrected chi connectivity index (χ3v) is 6.34. The van der Waals surface area contributed by atoms with Crippen molar-refractivity contribution in [1.29, 1.82) is 0 Å². The van der Waals surface area contributed by atoms with Gasteiger partial charge in [-0.2, -0.15) is 0 Å². The Kier molecular flexibility index (Phi) is 5.92. The lowest BCUT2D eigenvalue weighted by Gasteiger charge is -2.19. The summed E-state index contributed by atoms with van der Waals surface area (Å²) in [6.45, 7) is 0.116. The number of rotatable bonds is 8. The number of hydrogen-bond acceptors (Lipinski definition) is 4. The van der Waals surface area contributed by atoms with Crippen molar-refractivity contribution in [1.82, 2.24) is 5.32 Å². The van der Waals surface area contributed by atoms with Crippen molar-refractivity contribution in [3.63, 3.8) is 0 Å². The zero-order valence-electron chi connectivity index (χ0n) is 15.0. The predicted octanol–water partition coefficient (Wildman–Crippen LogP) is 3.13. The summed E-state index contributed by atoms with van der Waals surface area (Å²) in [6, 6.07) is 11.8. The van der Waals surface area contributed by atoms with Crippen LogP contribution in [0.1, 0.15) is 34.8 Å². The predicted molar refractivity (Wildman–Crippen MR) is 99.7 cm³/mol. The van der Waals surface area contributed by atoms with Crippen molar-refractivity contribution < 1.29 is 22.3 Å². The van der Waals surface area contributed by atoms with Gasteiger partial charge in [0.1, 0.15) is 5.82 Å². The maximum Gasteiger partial charge on any atom is 0.251 e. The molecule has 2 aromatic rings. The number of ether oxygens (including phenoxy) is 1. The maximum absolute atomic E-state index is 13.2. The van der Waals surface area contributed by atoms with Crippen LogP contribution in [0.25, 0.3) is 0 Å². The Morgan fingerprint density at radius 1 is 1.15 bits per heavy atom. The molecule has 0 heterocycles. The van der Waals surface area contributed by atoms with Crippen molar-refractivity contribution in [3.8, 4) is 0 Å². The highest BCUT2D eigenvalue weighted by Crippen LogP contribution is 2.41. The molecule has 1 N–H and O–H groups in total. The van der Waals surface area contributed by atoms with Crippen LogP contribution in [0.5, 0.6) is 0 Å². The largest absolute Gasteiger partial charge is 0.384 e. The van der Waals surface area contributed by atoms with E-state index in [1.807, 2.05) is 0 Å². The third kappa shape index (κ3) is 4.93. The summed E-state index contributed by atoms with van der Waals surface area (Å²) < 4.78 is 42.3. The molecule has 5 nitrogen and oxygen atoms in total. The van der Waals surface area contributed by atoms with E-state index < -0.39 is 9.84 Å². The van der Waals surface area contributed by atoms with E-state index in [2.05, 4.69) is 5.32 Å². The van der Waals surface area contributed by atoms with Crippen LogP contribution in [0.15, 0.2) is 53.4 Å². The Morgan fingerprint density at radius 2 is 1.78 bits per heavy atom. The molecule has 144 valence electrons. The molecule has 0 spiro atoms. The Morgan fingerprint density at radius 3 is 2.33 bits per heavy atom. The van der Waals surface area contributed by atoms with E-state index in [0.29, 0.717) is 11.5 Å². The van der Waals surface area contributed by atoms with Crippen molar-refractivity contribution >= 4 is 15.7 Å². The summed E-state index contributed by atoms with van der Waals surface area (Å²) in [4.78, 5) is 12.8. The summed E-state index contributed by atoms with van der Waals surface area (Å²) >= 11 is 0. The van der Waals surface area contributed by atoms with Crippen molar-refractivity contribution in [2.24, 2.45) is 5.92 Å². The van der Waals surface area contributed by atoms with Crippen LogP contribution in [0, 0.1) is 11.7 Å². The molecular weight excluding hydrogens is 369 g/mol. The number of hydrogen-bond donors (Lipinski definition) is 1. The molecule has 0 aliphatic heterocycles. The number of sulfone groups is 1. The Balaban J connectivity index is 1.72. The molecule has 0 radical (unpaired) electrons. The summed E-state index contributed by atoms with van der Waals surface area (Å²) in [5.41, 5.74) is 1.25. The lowest BCUT2D eigenvalue weighted by molar-refractivity contribution is 0.0931. The van der Waals surface area contributed by atoms with E-state index in [1.54, 1.807) is 12.1 Å². The molecular formula is C20H22FNO4S. The van der Waals surface area contributed by atoms with Gasteiger partial charge >= 0.3 is 0 Å². The normalized spacial score (nSPS) is 15.3. The monoisotopic (exact) mass is 391 g/mol. The first-order valence-corrected chi connectivity index (χ1v) is 10.4. The van der Waals surface area contributed by atoms with E-state index >= 15 is 0 Å². The van der Waals surface area contributed by atoms with Crippen LogP contribution < -0.4 is 5.32 Å². The number of halogens is 1. The number of amides is 1. The van der Waals surface area contributed by atoms with Gasteiger partial charge in [-0.3, -0.25) is 4.79 Å². The van der Waals surface area contributed by atoms with E-state index in [9.17, 15) is 17.6 Å². The van der Waals surface area contributed by atoms with Crippen molar-refractivity contribution in [2.75, 3.05) is 19.5 Å². The zero-order valence-corrected chi connectivity index (χ0v) is 15.8. The van der Waals surface area contributed by atoms with Gasteiger partial charge in [0.15, 0.2) is 9.84 Å². The van der Waals surface area contributed by atoms with Crippen LogP contribution in [0.3, 0.4) is 0 Å². The smallest absolute Gasteiger partial charge is 0.251 e. The van der Waals surface area contributed by atoms with Gasteiger partial charge in [0, 0.05) is 12.7 Å². The number of benzene rings is 2. The summed E-state index contributed by atoms with van der Waals surface area (Å²) in [6.07, 6.45) is 2.03. The molecule has 27 heavy (non-hydrogen) atoms. The first-order chi connectivity index (χ1) is 12.9. The SMILES string of the molecule is COCCS(=O)(=O)c1ccc(C(=O)NC(c2ccc(F)cc2)C2CC2)cc1. The molecule has 1 unspecified atom stereocenters. The molecule has 1 fully saturated rings. The fourth-order valence-corrected chi connectivity index (χ4v) is 4.09. The number of methoxy groups -OCH3 is 1. The van der Waals surface area contributed by atoms with Crippen molar-refractivity contribution in [3.05, 3.63) is 65.5 Å². The number of carbonyl (C=O) groups is 1. The lowest BCUT2D eigenvalue weighted by atomic mass is 10.0. The summed E-state index contributed by atoms with van der Waals surface area (Å²) in [7, 11) is -1.99. The van der Waals surface area contributed by atoms with Crippen molar-refractivity contribution in [2.45, 2.75) is 23.8 Å². The quantitative estimate of drug-likeness (QED) is 0.750. The highest BCUT2D eigenvalue weighted by molar-refractivity contribution is 7.91. The minimum absolute atomic E-state index is 0.108. The van der Waals surface area contributed by atoms with Crippen LogP contribution in [-0.2, 0) is 14.6 Å². The van der Waals surface area contributed by atoms with E-state index in [1.165, 1.54) is 43.5 Å². The van der Waals surface area contributed by atoms with E-state index in [-0.39, 0.29) is 35.0 Å². The minimum Gasteiger partial charge on any atom is -0.384 e. The summed E-state index contributed by atoms with van der Waals surface area (Å²) in [5, 5.41) is 2.99. The number of nitrogens with one attached hydrogen (secondary N) is 1. The van der Waals surface area contributed by atoms with Crippen LogP contribution in [0.4, 0.5) is 4.39 Å². The molecule has 1 saturated carbocycles. The van der Waals surface area contributed by atoms with E-state index in [4.69, 9.17) is 4.74 Å². The van der Waals surface area contributed by atoms with Gasteiger partial charge in [0.05, 0.1) is 23.3 Å². The zero-order chi connectivity index (χ0) is 19.4. The molecule has 1 atom stereocenters. The van der Waals surface area contributed by atoms with Crippen LogP contribution >= 0.6 is 0 Å². The van der Waals surface area contributed by atoms with Crippen LogP contribution in [0.2, 0.25) is 0 Å². The first-order valence-electron chi connectivity index (χ1n) is 8.79. The fourth-order valence-electron chi connectivity index (χ4n) is 2.92. The Hall–Kier alpha value is -2.25. The molecule has 0 aromatic heterocycles. The minimum atomic E-state index is -3.43. The average molecular weight is 391 g/mol. The molecule has 1 amide bonds. The second-order valence-electron chi connectivity index (χ2n) is 6.68. The molecule has 3 rings (SSSR count). The molecule has 2 aromatic carbocycles. The maximum atomic E-state index is 13.2. The molecule has 1 aliphatic carbocycles. The fraction of sp³-hybridized carbons (Fsp3) is 0.350. The second kappa shape index (κ2) is 8.19. The summed E-state index contributed by atoms with van der Waals surface area (Å²) in [5.74, 6) is -0.362. The molecule has 1 aliphatic rings. The standard InChI is InChI=1S/C20H22FNO4S/c1-26-12-13-27(24,25)18-10-6-16(7-11-18)20(23)22-19(14-2-3-14)15-4-8-17(21)9-5-15/h4-11,14,19H,2-3,12-13H2,1H3,(H,22,23). The average Bonchev–Trinajstić information content (AvgIpc) is 3.50. The van der Waals surface area contributed by atoms with Gasteiger partial charge in [-0.05, 0) is 60.7 Å². The topological polar surface area (TPSA) is 72.5 Å². The van der Waals surface area contributed by atoms with Gasteiger partial charge in [0.2, 0.25) is 0 Å². The van der Waals surface area contributed by atoms with E-state index in [0.717, 1.165) is 18.4 Å². The van der Waals surface area contributed by atoms with Crippen LogP contribution in [-0.4, -0.2) is 33.8 Å². The molecule has 0 saturated heterocycles. The second-order valence-corrected chi connectivity index (χ2v) is 8.79. The first kappa shape index (κ1) is 19.5. The highest BCUT2D eigenvalue weighted by atomic mass is 32.2. The van der Waals surface area contributed by atoms with Gasteiger partial charge in [0.25, 0.3) is 5.91 Å². The third-order valence-electron chi connectivity index (χ3n) is 4.64. The van der Waals surface area contributed by atoms with Gasteiger partial charge < -0.3 is 10.1 Å². The van der Waals surface area contributed by atoms with Gasteiger partial charge in [-0.25, -0.2) is 12.8 Å². The molecule has 7 heteroatoms. The Bertz CT molecular complexity index is 891. The van der Waals surface area contributed by atoms with Gasteiger partial charge in [-0.15, -0.1) is 0 Å². The lowest BCUT2D eigenvalue weighted by Crippen LogP contribution is -2.29. The number of carbonyl (C=O) groups excluding carboxylic acids is 1. The highest BCUT2D eigenvalue weighted by Gasteiger charge is 2.33. The van der Waals surface area contributed by atoms with Gasteiger partial charge in [-0.1, -0.05) is 12.1 Å².